The molecule has 1 rings (SSSR count). The van der Waals surface area contributed by atoms with Gasteiger partial charge in [0.05, 0.1) is 6.61 Å². The van der Waals surface area contributed by atoms with Gasteiger partial charge in [0.15, 0.2) is 6.10 Å². The zero-order valence-corrected chi connectivity index (χ0v) is 12.6. The minimum absolute atomic E-state index is 0.0422. The van der Waals surface area contributed by atoms with E-state index in [0.717, 1.165) is 18.4 Å². The summed E-state index contributed by atoms with van der Waals surface area (Å²) >= 11 is 0. The normalized spacial score (nSPS) is 13.6. The molecule has 0 aromatic heterocycles. The summed E-state index contributed by atoms with van der Waals surface area (Å²) in [5, 5.41) is 0. The molecule has 0 saturated carbocycles. The summed E-state index contributed by atoms with van der Waals surface area (Å²) < 4.78 is 10.7. The third-order valence-electron chi connectivity index (χ3n) is 3.13. The first-order valence-electron chi connectivity index (χ1n) is 7.31. The number of rotatable bonds is 8. The second kappa shape index (κ2) is 8.59. The van der Waals surface area contributed by atoms with E-state index in [0.29, 0.717) is 18.8 Å². The Morgan fingerprint density at radius 1 is 1.20 bits per heavy atom. The van der Waals surface area contributed by atoms with E-state index < -0.39 is 6.10 Å². The van der Waals surface area contributed by atoms with Crippen molar-refractivity contribution in [2.75, 3.05) is 6.61 Å². The summed E-state index contributed by atoms with van der Waals surface area (Å²) in [6.45, 7) is 6.22. The van der Waals surface area contributed by atoms with E-state index in [4.69, 9.17) is 15.2 Å². The van der Waals surface area contributed by atoms with Gasteiger partial charge in [0.25, 0.3) is 0 Å². The van der Waals surface area contributed by atoms with Crippen LogP contribution in [0, 0.1) is 0 Å². The molecule has 0 aliphatic carbocycles. The van der Waals surface area contributed by atoms with Gasteiger partial charge in [-0.15, -0.1) is 0 Å². The van der Waals surface area contributed by atoms with Crippen LogP contribution in [0.2, 0.25) is 0 Å². The van der Waals surface area contributed by atoms with Gasteiger partial charge in [-0.1, -0.05) is 32.4 Å². The smallest absolute Gasteiger partial charge is 0.347 e. The van der Waals surface area contributed by atoms with Crippen LogP contribution in [-0.4, -0.2) is 18.7 Å². The van der Waals surface area contributed by atoms with Crippen LogP contribution in [0.3, 0.4) is 0 Å². The van der Waals surface area contributed by atoms with E-state index in [-0.39, 0.29) is 12.0 Å². The lowest BCUT2D eigenvalue weighted by atomic mass is 10.1. The molecule has 0 radical (unpaired) electrons. The summed E-state index contributed by atoms with van der Waals surface area (Å²) in [6, 6.07) is 7.63. The van der Waals surface area contributed by atoms with E-state index in [9.17, 15) is 4.79 Å². The van der Waals surface area contributed by atoms with Crippen molar-refractivity contribution >= 4 is 5.97 Å². The quantitative estimate of drug-likeness (QED) is 0.742. The third kappa shape index (κ3) is 4.85. The molecule has 0 heterocycles. The van der Waals surface area contributed by atoms with Gasteiger partial charge >= 0.3 is 5.97 Å². The number of hydrogen-bond acceptors (Lipinski definition) is 4. The fraction of sp³-hybridized carbons (Fsp3) is 0.562. The molecule has 1 aromatic rings. The number of carbonyl (C=O) groups excluding carboxylic acids is 1. The van der Waals surface area contributed by atoms with Crippen LogP contribution in [0.1, 0.15) is 51.6 Å². The van der Waals surface area contributed by atoms with Crippen LogP contribution >= 0.6 is 0 Å². The van der Waals surface area contributed by atoms with Gasteiger partial charge < -0.3 is 15.2 Å². The Labute approximate surface area is 121 Å². The zero-order chi connectivity index (χ0) is 15.0. The molecule has 0 aliphatic heterocycles. The lowest BCUT2D eigenvalue weighted by molar-refractivity contribution is -0.151. The van der Waals surface area contributed by atoms with Gasteiger partial charge in [0.1, 0.15) is 5.75 Å². The zero-order valence-electron chi connectivity index (χ0n) is 12.6. The van der Waals surface area contributed by atoms with Crippen molar-refractivity contribution in [1.29, 1.82) is 0 Å². The van der Waals surface area contributed by atoms with E-state index in [1.165, 1.54) is 0 Å². The number of carbonyl (C=O) groups is 1. The van der Waals surface area contributed by atoms with Crippen molar-refractivity contribution in [2.45, 2.75) is 52.2 Å². The van der Waals surface area contributed by atoms with E-state index >= 15 is 0 Å². The molecule has 0 bridgehead atoms. The van der Waals surface area contributed by atoms with Gasteiger partial charge in [0, 0.05) is 6.04 Å². The van der Waals surface area contributed by atoms with Crippen molar-refractivity contribution in [2.24, 2.45) is 5.73 Å². The summed E-state index contributed by atoms with van der Waals surface area (Å²) in [7, 11) is 0. The predicted molar refractivity (Wildman–Crippen MR) is 79.6 cm³/mol. The fourth-order valence-electron chi connectivity index (χ4n) is 1.92. The lowest BCUT2D eigenvalue weighted by Crippen LogP contribution is -2.29. The minimum Gasteiger partial charge on any atom is -0.479 e. The molecule has 0 aliphatic rings. The maximum atomic E-state index is 11.8. The molecule has 4 nitrogen and oxygen atoms in total. The highest BCUT2D eigenvalue weighted by Gasteiger charge is 2.20. The molecule has 2 N–H and O–H groups in total. The summed E-state index contributed by atoms with van der Waals surface area (Å²) in [4.78, 5) is 11.8. The second-order valence-corrected chi connectivity index (χ2v) is 4.73. The number of nitrogens with two attached hydrogens (primary N) is 1. The summed E-state index contributed by atoms with van der Waals surface area (Å²) in [5.74, 6) is 0.368. The standard InChI is InChI=1S/C16H25NO3/c1-4-7-15(16(18)19-6-3)20-13-10-8-12(9-11-13)14(17)5-2/h8-11,14-15H,4-7,17H2,1-3H3/t14-,15?/m0/s1. The molecule has 4 heteroatoms. The van der Waals surface area contributed by atoms with Crippen LogP contribution in [0.5, 0.6) is 5.75 Å². The monoisotopic (exact) mass is 279 g/mol. The van der Waals surface area contributed by atoms with Crippen LogP contribution in [0.25, 0.3) is 0 Å². The average molecular weight is 279 g/mol. The number of ether oxygens (including phenoxy) is 2. The molecule has 2 atom stereocenters. The van der Waals surface area contributed by atoms with Gasteiger partial charge in [-0.3, -0.25) is 0 Å². The molecular formula is C16H25NO3. The molecule has 0 amide bonds. The van der Waals surface area contributed by atoms with Crippen LogP contribution in [0.15, 0.2) is 24.3 Å². The minimum atomic E-state index is -0.536. The molecule has 20 heavy (non-hydrogen) atoms. The Bertz CT molecular complexity index is 403. The molecule has 0 spiro atoms. The first-order chi connectivity index (χ1) is 9.62. The number of benzene rings is 1. The Balaban J connectivity index is 2.71. The highest BCUT2D eigenvalue weighted by Crippen LogP contribution is 2.20. The van der Waals surface area contributed by atoms with Crippen LogP contribution < -0.4 is 10.5 Å². The third-order valence-corrected chi connectivity index (χ3v) is 3.13. The van der Waals surface area contributed by atoms with Crippen molar-refractivity contribution < 1.29 is 14.3 Å². The first kappa shape index (κ1) is 16.5. The van der Waals surface area contributed by atoms with Gasteiger partial charge in [-0.25, -0.2) is 4.79 Å². The molecular weight excluding hydrogens is 254 g/mol. The van der Waals surface area contributed by atoms with E-state index in [1.54, 1.807) is 6.92 Å². The highest BCUT2D eigenvalue weighted by molar-refractivity contribution is 5.75. The summed E-state index contributed by atoms with van der Waals surface area (Å²) in [6.07, 6.45) is 1.87. The number of esters is 1. The largest absolute Gasteiger partial charge is 0.479 e. The fourth-order valence-corrected chi connectivity index (χ4v) is 1.92. The van der Waals surface area contributed by atoms with Crippen LogP contribution in [-0.2, 0) is 9.53 Å². The van der Waals surface area contributed by atoms with Crippen molar-refractivity contribution in [3.63, 3.8) is 0 Å². The van der Waals surface area contributed by atoms with Crippen molar-refractivity contribution in [3.8, 4) is 5.75 Å². The predicted octanol–water partition coefficient (Wildman–Crippen LogP) is 3.21. The topological polar surface area (TPSA) is 61.5 Å². The van der Waals surface area contributed by atoms with Crippen LogP contribution in [0.4, 0.5) is 0 Å². The van der Waals surface area contributed by atoms with Crippen molar-refractivity contribution in [3.05, 3.63) is 29.8 Å². The Morgan fingerprint density at radius 3 is 2.35 bits per heavy atom. The molecule has 0 fully saturated rings. The molecule has 1 unspecified atom stereocenters. The molecule has 0 saturated heterocycles. The lowest BCUT2D eigenvalue weighted by Gasteiger charge is -2.17. The highest BCUT2D eigenvalue weighted by atomic mass is 16.6. The average Bonchev–Trinajstić information content (AvgIpc) is 2.47. The van der Waals surface area contributed by atoms with E-state index in [1.807, 2.05) is 38.1 Å². The Morgan fingerprint density at radius 2 is 1.85 bits per heavy atom. The van der Waals surface area contributed by atoms with Gasteiger partial charge in [0.2, 0.25) is 0 Å². The second-order valence-electron chi connectivity index (χ2n) is 4.73. The SMILES string of the molecule is CCCC(Oc1ccc([C@@H](N)CC)cc1)C(=O)OCC. The molecule has 112 valence electrons. The Hall–Kier alpha value is -1.55. The maximum absolute atomic E-state index is 11.8. The van der Waals surface area contributed by atoms with Gasteiger partial charge in [-0.2, -0.15) is 0 Å². The Kier molecular flexibility index (Phi) is 7.09. The molecule has 1 aromatic carbocycles. The van der Waals surface area contributed by atoms with Gasteiger partial charge in [-0.05, 0) is 37.5 Å². The number of hydrogen-bond donors (Lipinski definition) is 1. The summed E-state index contributed by atoms with van der Waals surface area (Å²) in [5.41, 5.74) is 7.04. The maximum Gasteiger partial charge on any atom is 0.347 e. The van der Waals surface area contributed by atoms with E-state index in [2.05, 4.69) is 0 Å². The van der Waals surface area contributed by atoms with Crippen molar-refractivity contribution in [1.82, 2.24) is 0 Å². The first-order valence-corrected chi connectivity index (χ1v) is 7.31.